The van der Waals surface area contributed by atoms with Crippen molar-refractivity contribution in [3.63, 3.8) is 0 Å². The van der Waals surface area contributed by atoms with Crippen molar-refractivity contribution >= 4 is 28.4 Å². The van der Waals surface area contributed by atoms with Crippen molar-refractivity contribution in [3.8, 4) is 11.4 Å². The van der Waals surface area contributed by atoms with Gasteiger partial charge in [-0.05, 0) is 24.3 Å². The fraction of sp³-hybridized carbons (Fsp3) is 0.0476. The highest BCUT2D eigenvalue weighted by atomic mass is 16.2. The minimum absolute atomic E-state index is 0.0752. The second-order valence-electron chi connectivity index (χ2n) is 5.90. The van der Waals surface area contributed by atoms with Gasteiger partial charge in [-0.25, -0.2) is 15.0 Å². The summed E-state index contributed by atoms with van der Waals surface area (Å²) < 4.78 is 0. The lowest BCUT2D eigenvalue weighted by Crippen LogP contribution is -2.22. The van der Waals surface area contributed by atoms with Crippen LogP contribution < -0.4 is 10.6 Å². The van der Waals surface area contributed by atoms with Gasteiger partial charge in [0.2, 0.25) is 5.91 Å². The Hall–Kier alpha value is -3.80. The normalized spacial score (nSPS) is 10.5. The van der Waals surface area contributed by atoms with E-state index < -0.39 is 0 Å². The summed E-state index contributed by atoms with van der Waals surface area (Å²) in [6.45, 7) is 0.0752. The Morgan fingerprint density at radius 1 is 0.852 bits per heavy atom. The Morgan fingerprint density at radius 3 is 2.44 bits per heavy atom. The highest BCUT2D eigenvalue weighted by Gasteiger charge is 2.10. The first-order valence-corrected chi connectivity index (χ1v) is 8.56. The summed E-state index contributed by atoms with van der Waals surface area (Å²) in [6, 6.07) is 22.8. The molecule has 132 valence electrons. The van der Waals surface area contributed by atoms with Crippen LogP contribution in [0, 0.1) is 0 Å². The number of para-hydroxylation sites is 1. The molecular formula is C21H17N5O. The van der Waals surface area contributed by atoms with Crippen LogP contribution in [0.25, 0.3) is 22.3 Å². The second kappa shape index (κ2) is 7.61. The van der Waals surface area contributed by atoms with Crippen molar-refractivity contribution < 1.29 is 4.79 Å². The molecule has 2 N–H and O–H groups in total. The van der Waals surface area contributed by atoms with Gasteiger partial charge in [-0.1, -0.05) is 48.5 Å². The van der Waals surface area contributed by atoms with Gasteiger partial charge < -0.3 is 10.6 Å². The Labute approximate surface area is 156 Å². The number of aromatic nitrogens is 3. The van der Waals surface area contributed by atoms with Crippen molar-refractivity contribution in [1.29, 1.82) is 0 Å². The lowest BCUT2D eigenvalue weighted by molar-refractivity contribution is -0.114. The fourth-order valence-electron chi connectivity index (χ4n) is 2.72. The molecule has 6 nitrogen and oxygen atoms in total. The Balaban J connectivity index is 1.59. The Morgan fingerprint density at radius 2 is 1.63 bits per heavy atom. The molecule has 4 aromatic rings. The number of benzene rings is 2. The zero-order valence-corrected chi connectivity index (χ0v) is 14.5. The van der Waals surface area contributed by atoms with E-state index >= 15 is 0 Å². The van der Waals surface area contributed by atoms with Crippen molar-refractivity contribution in [2.75, 3.05) is 17.2 Å². The SMILES string of the molecule is O=C(CNc1nc(-c2ccccc2)nc2ccccc12)Nc1ccccn1. The first-order valence-electron chi connectivity index (χ1n) is 8.56. The molecule has 0 aliphatic heterocycles. The molecule has 0 bridgehead atoms. The van der Waals surface area contributed by atoms with Gasteiger partial charge in [-0.2, -0.15) is 0 Å². The van der Waals surface area contributed by atoms with Crippen LogP contribution in [-0.2, 0) is 4.79 Å². The maximum Gasteiger partial charge on any atom is 0.244 e. The second-order valence-corrected chi connectivity index (χ2v) is 5.90. The third-order valence-electron chi connectivity index (χ3n) is 3.98. The van der Waals surface area contributed by atoms with Crippen LogP contribution in [-0.4, -0.2) is 27.4 Å². The number of anilines is 2. The van der Waals surface area contributed by atoms with Crippen molar-refractivity contribution in [1.82, 2.24) is 15.0 Å². The molecule has 4 rings (SSSR count). The molecule has 0 fully saturated rings. The van der Waals surface area contributed by atoms with Crippen molar-refractivity contribution in [2.24, 2.45) is 0 Å². The summed E-state index contributed by atoms with van der Waals surface area (Å²) in [5.74, 6) is 1.55. The highest BCUT2D eigenvalue weighted by molar-refractivity contribution is 5.96. The smallest absolute Gasteiger partial charge is 0.244 e. The standard InChI is InChI=1S/C21H17N5O/c27-19(25-18-12-6-7-13-22-18)14-23-21-16-10-4-5-11-17(16)24-20(26-21)15-8-2-1-3-9-15/h1-13H,14H2,(H,22,25,27)(H,23,24,26). The number of fused-ring (bicyclic) bond motifs is 1. The molecule has 0 atom stereocenters. The summed E-state index contributed by atoms with van der Waals surface area (Å²) >= 11 is 0. The molecule has 2 heterocycles. The summed E-state index contributed by atoms with van der Waals surface area (Å²) in [6.07, 6.45) is 1.63. The van der Waals surface area contributed by atoms with Gasteiger partial charge in [0.25, 0.3) is 0 Å². The van der Waals surface area contributed by atoms with E-state index in [1.807, 2.05) is 60.7 Å². The zero-order valence-electron chi connectivity index (χ0n) is 14.5. The number of amides is 1. The van der Waals surface area contributed by atoms with Crippen LogP contribution in [0.4, 0.5) is 11.6 Å². The predicted molar refractivity (Wildman–Crippen MR) is 106 cm³/mol. The number of nitrogens with zero attached hydrogens (tertiary/aromatic N) is 3. The monoisotopic (exact) mass is 355 g/mol. The maximum absolute atomic E-state index is 12.2. The molecule has 0 saturated heterocycles. The number of nitrogens with one attached hydrogen (secondary N) is 2. The van der Waals surface area contributed by atoms with Gasteiger partial charge in [0, 0.05) is 17.1 Å². The molecular weight excluding hydrogens is 338 g/mol. The first-order chi connectivity index (χ1) is 13.3. The van der Waals surface area contributed by atoms with Crippen LogP contribution in [0.3, 0.4) is 0 Å². The van der Waals surface area contributed by atoms with E-state index in [1.54, 1.807) is 18.3 Å². The van der Waals surface area contributed by atoms with Gasteiger partial charge in [0.05, 0.1) is 12.1 Å². The third-order valence-corrected chi connectivity index (χ3v) is 3.98. The van der Waals surface area contributed by atoms with E-state index in [-0.39, 0.29) is 12.5 Å². The number of hydrogen-bond acceptors (Lipinski definition) is 5. The molecule has 0 aliphatic carbocycles. The van der Waals surface area contributed by atoms with E-state index in [0.29, 0.717) is 17.5 Å². The third kappa shape index (κ3) is 3.90. The van der Waals surface area contributed by atoms with E-state index in [9.17, 15) is 4.79 Å². The van der Waals surface area contributed by atoms with Crippen LogP contribution in [0.15, 0.2) is 79.0 Å². The molecule has 1 amide bonds. The molecule has 6 heteroatoms. The minimum Gasteiger partial charge on any atom is -0.360 e. The quantitative estimate of drug-likeness (QED) is 0.570. The predicted octanol–water partition coefficient (Wildman–Crippen LogP) is 3.74. The largest absolute Gasteiger partial charge is 0.360 e. The summed E-state index contributed by atoms with van der Waals surface area (Å²) in [4.78, 5) is 25.6. The minimum atomic E-state index is -0.197. The van der Waals surface area contributed by atoms with Crippen LogP contribution in [0.5, 0.6) is 0 Å². The van der Waals surface area contributed by atoms with Crippen molar-refractivity contribution in [2.45, 2.75) is 0 Å². The first kappa shape index (κ1) is 16.7. The zero-order chi connectivity index (χ0) is 18.5. The molecule has 0 unspecified atom stereocenters. The average Bonchev–Trinajstić information content (AvgIpc) is 2.73. The highest BCUT2D eigenvalue weighted by Crippen LogP contribution is 2.24. The van der Waals surface area contributed by atoms with Crippen LogP contribution >= 0.6 is 0 Å². The summed E-state index contributed by atoms with van der Waals surface area (Å²) in [5, 5.41) is 6.74. The van der Waals surface area contributed by atoms with Gasteiger partial charge in [-0.15, -0.1) is 0 Å². The molecule has 27 heavy (non-hydrogen) atoms. The molecule has 0 aliphatic rings. The summed E-state index contributed by atoms with van der Waals surface area (Å²) in [7, 11) is 0. The number of pyridine rings is 1. The van der Waals surface area contributed by atoms with Gasteiger partial charge in [-0.3, -0.25) is 4.79 Å². The van der Waals surface area contributed by atoms with Crippen LogP contribution in [0.1, 0.15) is 0 Å². The topological polar surface area (TPSA) is 79.8 Å². The molecule has 0 radical (unpaired) electrons. The Bertz CT molecular complexity index is 1070. The maximum atomic E-state index is 12.2. The molecule has 2 aromatic heterocycles. The van der Waals surface area contributed by atoms with E-state index in [1.165, 1.54) is 0 Å². The number of carbonyl (C=O) groups is 1. The summed E-state index contributed by atoms with van der Waals surface area (Å²) in [5.41, 5.74) is 1.74. The van der Waals surface area contributed by atoms with Gasteiger partial charge in [0.15, 0.2) is 5.82 Å². The molecule has 0 saturated carbocycles. The van der Waals surface area contributed by atoms with Crippen LogP contribution in [0.2, 0.25) is 0 Å². The van der Waals surface area contributed by atoms with Gasteiger partial charge in [0.1, 0.15) is 11.6 Å². The number of carbonyl (C=O) groups excluding carboxylic acids is 1. The van der Waals surface area contributed by atoms with E-state index in [4.69, 9.17) is 0 Å². The number of hydrogen-bond donors (Lipinski definition) is 2. The molecule has 0 spiro atoms. The van der Waals surface area contributed by atoms with E-state index in [0.717, 1.165) is 16.5 Å². The van der Waals surface area contributed by atoms with Crippen molar-refractivity contribution in [3.05, 3.63) is 79.0 Å². The lowest BCUT2D eigenvalue weighted by atomic mass is 10.2. The molecule has 2 aromatic carbocycles. The Kier molecular flexibility index (Phi) is 4.70. The lowest BCUT2D eigenvalue weighted by Gasteiger charge is -2.11. The average molecular weight is 355 g/mol. The van der Waals surface area contributed by atoms with E-state index in [2.05, 4.69) is 25.6 Å². The van der Waals surface area contributed by atoms with Gasteiger partial charge >= 0.3 is 0 Å². The number of rotatable bonds is 5. The fourth-order valence-corrected chi connectivity index (χ4v) is 2.72.